The van der Waals surface area contributed by atoms with Gasteiger partial charge in [-0.25, -0.2) is 0 Å². The Bertz CT molecular complexity index is 185. The minimum absolute atomic E-state index is 0.531. The van der Waals surface area contributed by atoms with Gasteiger partial charge in [-0.05, 0) is 25.7 Å². The topological polar surface area (TPSA) is 12.4 Å². The van der Waals surface area contributed by atoms with Crippen molar-refractivity contribution in [3.63, 3.8) is 0 Å². The zero-order valence-corrected chi connectivity index (χ0v) is 9.18. The van der Waals surface area contributed by atoms with E-state index in [-0.39, 0.29) is 0 Å². The SMILES string of the molecule is C/C=C(\N=C(/C)C(C)C)C(C)C. The fourth-order valence-corrected chi connectivity index (χ4v) is 0.860. The summed E-state index contributed by atoms with van der Waals surface area (Å²) in [4.78, 5) is 4.57. The van der Waals surface area contributed by atoms with Gasteiger partial charge in [0.15, 0.2) is 0 Å². The van der Waals surface area contributed by atoms with Crippen LogP contribution in [0.2, 0.25) is 0 Å². The molecule has 0 aromatic heterocycles. The number of hydrogen-bond donors (Lipinski definition) is 0. The van der Waals surface area contributed by atoms with Crippen LogP contribution in [-0.2, 0) is 0 Å². The molecule has 0 spiro atoms. The third-order valence-corrected chi connectivity index (χ3v) is 2.03. The number of allylic oxidation sites excluding steroid dienone is 2. The maximum absolute atomic E-state index is 4.57. The van der Waals surface area contributed by atoms with Gasteiger partial charge < -0.3 is 0 Å². The average molecular weight is 167 g/mol. The summed E-state index contributed by atoms with van der Waals surface area (Å²) < 4.78 is 0. The lowest BCUT2D eigenvalue weighted by Gasteiger charge is -2.09. The molecule has 0 saturated heterocycles. The lowest BCUT2D eigenvalue weighted by Crippen LogP contribution is -2.04. The molecule has 0 rings (SSSR count). The lowest BCUT2D eigenvalue weighted by molar-refractivity contribution is 0.748. The van der Waals surface area contributed by atoms with Gasteiger partial charge in [0, 0.05) is 11.4 Å². The maximum Gasteiger partial charge on any atom is 0.0385 e. The van der Waals surface area contributed by atoms with E-state index in [1.807, 2.05) is 6.92 Å². The van der Waals surface area contributed by atoms with Gasteiger partial charge in [0.05, 0.1) is 0 Å². The van der Waals surface area contributed by atoms with Crippen molar-refractivity contribution < 1.29 is 0 Å². The second-order valence-corrected chi connectivity index (χ2v) is 3.78. The van der Waals surface area contributed by atoms with E-state index in [4.69, 9.17) is 0 Å². The van der Waals surface area contributed by atoms with Gasteiger partial charge in [0.1, 0.15) is 0 Å². The molecule has 0 radical (unpaired) electrons. The standard InChI is InChI=1S/C11H21N/c1-7-11(9(4)5)12-10(6)8(2)3/h7-9H,1-6H3/b11-7-,12-10+. The van der Waals surface area contributed by atoms with Crippen LogP contribution in [-0.4, -0.2) is 5.71 Å². The molecular weight excluding hydrogens is 146 g/mol. The fraction of sp³-hybridized carbons (Fsp3) is 0.727. The first-order valence-electron chi connectivity index (χ1n) is 4.70. The maximum atomic E-state index is 4.57. The highest BCUT2D eigenvalue weighted by molar-refractivity contribution is 5.84. The molecule has 70 valence electrons. The molecule has 0 N–H and O–H groups in total. The van der Waals surface area contributed by atoms with Crippen molar-refractivity contribution in [3.8, 4) is 0 Å². The van der Waals surface area contributed by atoms with Crippen LogP contribution in [0.15, 0.2) is 16.8 Å². The van der Waals surface area contributed by atoms with Crippen molar-refractivity contribution in [1.29, 1.82) is 0 Å². The molecule has 0 aliphatic carbocycles. The molecule has 12 heavy (non-hydrogen) atoms. The highest BCUT2D eigenvalue weighted by Crippen LogP contribution is 2.12. The zero-order chi connectivity index (χ0) is 9.72. The molecule has 0 saturated carbocycles. The van der Waals surface area contributed by atoms with Gasteiger partial charge in [-0.2, -0.15) is 0 Å². The van der Waals surface area contributed by atoms with Crippen LogP contribution in [0.1, 0.15) is 41.5 Å². The summed E-state index contributed by atoms with van der Waals surface area (Å²) in [6, 6.07) is 0. The molecule has 0 aromatic rings. The molecule has 0 unspecified atom stereocenters. The van der Waals surface area contributed by atoms with E-state index in [1.165, 1.54) is 11.4 Å². The van der Waals surface area contributed by atoms with E-state index in [9.17, 15) is 0 Å². The van der Waals surface area contributed by atoms with Crippen LogP contribution < -0.4 is 0 Å². The normalized spacial score (nSPS) is 14.7. The molecule has 0 aliphatic heterocycles. The zero-order valence-electron chi connectivity index (χ0n) is 9.18. The summed E-state index contributed by atoms with van der Waals surface area (Å²) in [6.07, 6.45) is 2.09. The Labute approximate surface area is 76.6 Å². The average Bonchev–Trinajstić information content (AvgIpc) is 1.98. The highest BCUT2D eigenvalue weighted by Gasteiger charge is 2.02. The van der Waals surface area contributed by atoms with Crippen molar-refractivity contribution in [2.24, 2.45) is 16.8 Å². The molecule has 0 amide bonds. The Morgan fingerprint density at radius 2 is 1.58 bits per heavy atom. The first-order chi connectivity index (χ1) is 5.49. The molecule has 1 heteroatoms. The third kappa shape index (κ3) is 3.70. The van der Waals surface area contributed by atoms with E-state index in [2.05, 4.69) is 45.7 Å². The second-order valence-electron chi connectivity index (χ2n) is 3.78. The van der Waals surface area contributed by atoms with E-state index in [1.54, 1.807) is 0 Å². The summed E-state index contributed by atoms with van der Waals surface area (Å²) >= 11 is 0. The number of aliphatic imine (C=N–C) groups is 1. The Kier molecular flexibility index (Phi) is 4.87. The van der Waals surface area contributed by atoms with E-state index in [0.717, 1.165) is 0 Å². The second kappa shape index (κ2) is 5.13. The molecular formula is C11H21N. The van der Waals surface area contributed by atoms with Crippen molar-refractivity contribution in [2.75, 3.05) is 0 Å². The van der Waals surface area contributed by atoms with Crippen LogP contribution in [0.25, 0.3) is 0 Å². The van der Waals surface area contributed by atoms with Crippen LogP contribution in [0.5, 0.6) is 0 Å². The highest BCUT2D eigenvalue weighted by atomic mass is 14.8. The molecule has 0 heterocycles. The van der Waals surface area contributed by atoms with Crippen molar-refractivity contribution in [3.05, 3.63) is 11.8 Å². The molecule has 0 bridgehead atoms. The predicted octanol–water partition coefficient (Wildman–Crippen LogP) is 3.66. The first kappa shape index (κ1) is 11.4. The molecule has 0 aliphatic rings. The van der Waals surface area contributed by atoms with Crippen LogP contribution in [0.3, 0.4) is 0 Å². The number of nitrogens with zero attached hydrogens (tertiary/aromatic N) is 1. The minimum atomic E-state index is 0.531. The van der Waals surface area contributed by atoms with Crippen molar-refractivity contribution in [1.82, 2.24) is 0 Å². The van der Waals surface area contributed by atoms with Gasteiger partial charge >= 0.3 is 0 Å². The van der Waals surface area contributed by atoms with E-state index in [0.29, 0.717) is 11.8 Å². The van der Waals surface area contributed by atoms with Crippen LogP contribution in [0.4, 0.5) is 0 Å². The number of hydrogen-bond acceptors (Lipinski definition) is 1. The Balaban J connectivity index is 4.49. The van der Waals surface area contributed by atoms with Crippen LogP contribution >= 0.6 is 0 Å². The minimum Gasteiger partial charge on any atom is -0.262 e. The molecule has 0 atom stereocenters. The third-order valence-electron chi connectivity index (χ3n) is 2.03. The Hall–Kier alpha value is -0.590. The van der Waals surface area contributed by atoms with Gasteiger partial charge in [0.25, 0.3) is 0 Å². The molecule has 1 nitrogen and oxygen atoms in total. The van der Waals surface area contributed by atoms with Gasteiger partial charge in [-0.3, -0.25) is 4.99 Å². The van der Waals surface area contributed by atoms with Gasteiger partial charge in [0.2, 0.25) is 0 Å². The van der Waals surface area contributed by atoms with Gasteiger partial charge in [-0.1, -0.05) is 33.8 Å². The lowest BCUT2D eigenvalue weighted by atomic mass is 10.1. The summed E-state index contributed by atoms with van der Waals surface area (Å²) in [5.41, 5.74) is 2.41. The van der Waals surface area contributed by atoms with Gasteiger partial charge in [-0.15, -0.1) is 0 Å². The van der Waals surface area contributed by atoms with E-state index < -0.39 is 0 Å². The summed E-state index contributed by atoms with van der Waals surface area (Å²) in [6.45, 7) is 12.8. The van der Waals surface area contributed by atoms with Crippen LogP contribution in [0, 0.1) is 11.8 Å². The quantitative estimate of drug-likeness (QED) is 0.569. The first-order valence-corrected chi connectivity index (χ1v) is 4.70. The Morgan fingerprint density at radius 3 is 1.83 bits per heavy atom. The smallest absolute Gasteiger partial charge is 0.0385 e. The largest absolute Gasteiger partial charge is 0.262 e. The fourth-order valence-electron chi connectivity index (χ4n) is 0.860. The summed E-state index contributed by atoms with van der Waals surface area (Å²) in [5, 5.41) is 0. The predicted molar refractivity (Wildman–Crippen MR) is 56.5 cm³/mol. The Morgan fingerprint density at radius 1 is 1.08 bits per heavy atom. The van der Waals surface area contributed by atoms with E-state index >= 15 is 0 Å². The number of rotatable bonds is 3. The van der Waals surface area contributed by atoms with Crippen molar-refractivity contribution >= 4 is 5.71 Å². The van der Waals surface area contributed by atoms with Crippen molar-refractivity contribution in [2.45, 2.75) is 41.5 Å². The monoisotopic (exact) mass is 167 g/mol. The molecule has 0 aromatic carbocycles. The summed E-state index contributed by atoms with van der Waals surface area (Å²) in [5.74, 6) is 1.09. The summed E-state index contributed by atoms with van der Waals surface area (Å²) in [7, 11) is 0. The molecule has 0 fully saturated rings.